The largest absolute Gasteiger partial charge is 0.399 e. The highest BCUT2D eigenvalue weighted by Gasteiger charge is 2.05. The lowest BCUT2D eigenvalue weighted by Gasteiger charge is -2.17. The maximum Gasteiger partial charge on any atom is 0.251 e. The first-order valence-corrected chi connectivity index (χ1v) is 7.71. The minimum Gasteiger partial charge on any atom is -0.399 e. The lowest BCUT2D eigenvalue weighted by Crippen LogP contribution is -2.33. The number of likely N-dealkylation sites (N-methyl/N-ethyl adjacent to an activating group) is 1. The van der Waals surface area contributed by atoms with E-state index in [1.54, 1.807) is 24.3 Å². The van der Waals surface area contributed by atoms with Crippen LogP contribution in [0.3, 0.4) is 0 Å². The van der Waals surface area contributed by atoms with Crippen molar-refractivity contribution in [1.82, 2.24) is 10.2 Å². The van der Waals surface area contributed by atoms with Gasteiger partial charge in [-0.2, -0.15) is 0 Å². The molecule has 0 saturated heterocycles. The van der Waals surface area contributed by atoms with Crippen molar-refractivity contribution < 1.29 is 4.79 Å². The van der Waals surface area contributed by atoms with Crippen molar-refractivity contribution in [2.75, 3.05) is 38.1 Å². The lowest BCUT2D eigenvalue weighted by molar-refractivity contribution is 0.0950. The fourth-order valence-electron chi connectivity index (χ4n) is 2.21. The molecule has 0 bridgehead atoms. The Kier molecular flexibility index (Phi) is 6.00. The van der Waals surface area contributed by atoms with E-state index in [1.165, 1.54) is 5.56 Å². The normalized spacial score (nSPS) is 10.7. The van der Waals surface area contributed by atoms with Gasteiger partial charge in [0.2, 0.25) is 0 Å². The Morgan fingerprint density at radius 2 is 1.52 bits per heavy atom. The van der Waals surface area contributed by atoms with E-state index in [-0.39, 0.29) is 5.91 Å². The fourth-order valence-corrected chi connectivity index (χ4v) is 2.21. The molecule has 122 valence electrons. The summed E-state index contributed by atoms with van der Waals surface area (Å²) in [6.45, 7) is 2.35. The highest BCUT2D eigenvalue weighted by atomic mass is 16.1. The van der Waals surface area contributed by atoms with E-state index in [0.29, 0.717) is 17.8 Å². The molecule has 0 aliphatic heterocycles. The third kappa shape index (κ3) is 5.64. The first-order chi connectivity index (χ1) is 11.0. The first-order valence-electron chi connectivity index (χ1n) is 7.71. The highest BCUT2D eigenvalue weighted by Crippen LogP contribution is 2.07. The smallest absolute Gasteiger partial charge is 0.251 e. The number of amides is 1. The third-order valence-electron chi connectivity index (χ3n) is 3.71. The Balaban J connectivity index is 1.68. The maximum absolute atomic E-state index is 12.0. The molecule has 1 amide bonds. The summed E-state index contributed by atoms with van der Waals surface area (Å²) in [5.74, 6) is -0.0723. The Labute approximate surface area is 137 Å². The molecule has 5 N–H and O–H groups in total. The number of carbonyl (C=O) groups is 1. The monoisotopic (exact) mass is 312 g/mol. The quantitative estimate of drug-likeness (QED) is 0.680. The molecule has 0 spiro atoms. The number of nitrogens with zero attached hydrogens (tertiary/aromatic N) is 1. The average molecular weight is 312 g/mol. The highest BCUT2D eigenvalue weighted by molar-refractivity contribution is 5.94. The number of nitrogen functional groups attached to an aromatic ring is 2. The van der Waals surface area contributed by atoms with Crippen molar-refractivity contribution in [2.45, 2.75) is 6.42 Å². The first kappa shape index (κ1) is 16.8. The van der Waals surface area contributed by atoms with E-state index >= 15 is 0 Å². The molecule has 0 atom stereocenters. The van der Waals surface area contributed by atoms with Crippen LogP contribution in [0, 0.1) is 0 Å². The molecule has 2 aromatic carbocycles. The van der Waals surface area contributed by atoms with Crippen LogP contribution in [0.25, 0.3) is 0 Å². The van der Waals surface area contributed by atoms with E-state index in [2.05, 4.69) is 10.2 Å². The van der Waals surface area contributed by atoms with E-state index < -0.39 is 0 Å². The standard InChI is InChI=1S/C18H24N4O/c1-22(12-10-14-2-6-16(19)7-3-14)13-11-21-18(23)15-4-8-17(20)9-5-15/h2-9H,10-13,19-20H2,1H3,(H,21,23). The molecule has 23 heavy (non-hydrogen) atoms. The number of rotatable bonds is 7. The van der Waals surface area contributed by atoms with Crippen LogP contribution in [-0.2, 0) is 6.42 Å². The van der Waals surface area contributed by atoms with Crippen molar-refractivity contribution in [1.29, 1.82) is 0 Å². The van der Waals surface area contributed by atoms with Crippen molar-refractivity contribution >= 4 is 17.3 Å². The molecule has 0 radical (unpaired) electrons. The van der Waals surface area contributed by atoms with Gasteiger partial charge in [-0.15, -0.1) is 0 Å². The van der Waals surface area contributed by atoms with Gasteiger partial charge in [0.25, 0.3) is 5.91 Å². The molecule has 2 rings (SSSR count). The second-order valence-electron chi connectivity index (χ2n) is 5.67. The Hall–Kier alpha value is -2.53. The molecule has 5 nitrogen and oxygen atoms in total. The molecular weight excluding hydrogens is 288 g/mol. The number of carbonyl (C=O) groups excluding carboxylic acids is 1. The number of hydrogen-bond acceptors (Lipinski definition) is 4. The van der Waals surface area contributed by atoms with Crippen molar-refractivity contribution in [3.63, 3.8) is 0 Å². The Morgan fingerprint density at radius 1 is 0.957 bits per heavy atom. The zero-order valence-corrected chi connectivity index (χ0v) is 13.5. The van der Waals surface area contributed by atoms with Crippen LogP contribution in [0.2, 0.25) is 0 Å². The molecule has 0 unspecified atom stereocenters. The van der Waals surface area contributed by atoms with Gasteiger partial charge >= 0.3 is 0 Å². The predicted octanol–water partition coefficient (Wildman–Crippen LogP) is 1.76. The van der Waals surface area contributed by atoms with Crippen molar-refractivity contribution in [3.8, 4) is 0 Å². The van der Waals surface area contributed by atoms with E-state index in [1.807, 2.05) is 31.3 Å². The fraction of sp³-hybridized carbons (Fsp3) is 0.278. The number of hydrogen-bond donors (Lipinski definition) is 3. The van der Waals surface area contributed by atoms with Crippen LogP contribution in [0.1, 0.15) is 15.9 Å². The van der Waals surface area contributed by atoms with Gasteiger partial charge in [0, 0.05) is 36.6 Å². The van der Waals surface area contributed by atoms with Gasteiger partial charge in [-0.1, -0.05) is 12.1 Å². The second-order valence-corrected chi connectivity index (χ2v) is 5.67. The summed E-state index contributed by atoms with van der Waals surface area (Å²) in [4.78, 5) is 14.2. The minimum atomic E-state index is -0.0723. The molecule has 5 heteroatoms. The van der Waals surface area contributed by atoms with Crippen LogP contribution < -0.4 is 16.8 Å². The summed E-state index contributed by atoms with van der Waals surface area (Å²) in [7, 11) is 2.05. The lowest BCUT2D eigenvalue weighted by atomic mass is 10.1. The zero-order valence-electron chi connectivity index (χ0n) is 13.5. The maximum atomic E-state index is 12.0. The molecular formula is C18H24N4O. The molecule has 0 fully saturated rings. The van der Waals surface area contributed by atoms with Crippen molar-refractivity contribution in [2.24, 2.45) is 0 Å². The van der Waals surface area contributed by atoms with Gasteiger partial charge in [0.05, 0.1) is 0 Å². The van der Waals surface area contributed by atoms with Gasteiger partial charge < -0.3 is 21.7 Å². The van der Waals surface area contributed by atoms with Gasteiger partial charge in [-0.05, 0) is 55.4 Å². The van der Waals surface area contributed by atoms with E-state index in [0.717, 1.165) is 25.2 Å². The minimum absolute atomic E-state index is 0.0723. The number of benzene rings is 2. The summed E-state index contributed by atoms with van der Waals surface area (Å²) in [6.07, 6.45) is 0.961. The number of nitrogens with two attached hydrogens (primary N) is 2. The van der Waals surface area contributed by atoms with Crippen LogP contribution >= 0.6 is 0 Å². The van der Waals surface area contributed by atoms with E-state index in [4.69, 9.17) is 11.5 Å². The topological polar surface area (TPSA) is 84.4 Å². The molecule has 2 aromatic rings. The molecule has 0 aliphatic carbocycles. The Bertz CT molecular complexity index is 622. The third-order valence-corrected chi connectivity index (χ3v) is 3.71. The zero-order chi connectivity index (χ0) is 16.7. The average Bonchev–Trinajstić information content (AvgIpc) is 2.55. The van der Waals surface area contributed by atoms with E-state index in [9.17, 15) is 4.79 Å². The molecule has 0 aliphatic rings. The van der Waals surface area contributed by atoms with Gasteiger partial charge in [-0.25, -0.2) is 0 Å². The van der Waals surface area contributed by atoms with Gasteiger partial charge in [-0.3, -0.25) is 4.79 Å². The van der Waals surface area contributed by atoms with Crippen LogP contribution in [0.4, 0.5) is 11.4 Å². The summed E-state index contributed by atoms with van der Waals surface area (Å²) in [6, 6.07) is 14.9. The number of anilines is 2. The SMILES string of the molecule is CN(CCNC(=O)c1ccc(N)cc1)CCc1ccc(N)cc1. The van der Waals surface area contributed by atoms with Gasteiger partial charge in [0.15, 0.2) is 0 Å². The summed E-state index contributed by atoms with van der Waals surface area (Å²) >= 11 is 0. The number of nitrogens with one attached hydrogen (secondary N) is 1. The summed E-state index contributed by atoms with van der Waals surface area (Å²) < 4.78 is 0. The van der Waals surface area contributed by atoms with Crippen molar-refractivity contribution in [3.05, 3.63) is 59.7 Å². The molecule has 0 heterocycles. The molecule has 0 aromatic heterocycles. The van der Waals surface area contributed by atoms with Crippen LogP contribution in [0.5, 0.6) is 0 Å². The summed E-state index contributed by atoms with van der Waals surface area (Å²) in [5.41, 5.74) is 14.6. The summed E-state index contributed by atoms with van der Waals surface area (Å²) in [5, 5.41) is 2.92. The van der Waals surface area contributed by atoms with Crippen LogP contribution in [0.15, 0.2) is 48.5 Å². The molecule has 0 saturated carbocycles. The second kappa shape index (κ2) is 8.19. The Morgan fingerprint density at radius 3 is 2.13 bits per heavy atom. The van der Waals surface area contributed by atoms with Crippen LogP contribution in [-0.4, -0.2) is 37.5 Å². The van der Waals surface area contributed by atoms with Gasteiger partial charge in [0.1, 0.15) is 0 Å². The predicted molar refractivity (Wildman–Crippen MR) is 95.2 cm³/mol.